The highest BCUT2D eigenvalue weighted by Crippen LogP contribution is 2.27. The Labute approximate surface area is 85.1 Å². The van der Waals surface area contributed by atoms with Crippen LogP contribution in [0.1, 0.15) is 26.3 Å². The van der Waals surface area contributed by atoms with E-state index in [0.29, 0.717) is 4.90 Å². The molecule has 4 heteroatoms. The summed E-state index contributed by atoms with van der Waals surface area (Å²) in [5, 5.41) is 0. The SMILES string of the molecule is CC(C)(C)c1cnccc1S(C)(=O)=O. The number of rotatable bonds is 1. The first kappa shape index (κ1) is 11.2. The van der Waals surface area contributed by atoms with Crippen LogP contribution in [-0.4, -0.2) is 19.7 Å². The third kappa shape index (κ3) is 2.32. The smallest absolute Gasteiger partial charge is 0.175 e. The molecule has 0 aliphatic rings. The molecule has 0 aliphatic carbocycles. The Balaban J connectivity index is 3.47. The van der Waals surface area contributed by atoms with Gasteiger partial charge in [-0.2, -0.15) is 0 Å². The molecule has 0 saturated carbocycles. The van der Waals surface area contributed by atoms with E-state index >= 15 is 0 Å². The molecule has 0 spiro atoms. The molecule has 0 radical (unpaired) electrons. The number of nitrogens with zero attached hydrogens (tertiary/aromatic N) is 1. The van der Waals surface area contributed by atoms with E-state index in [4.69, 9.17) is 0 Å². The third-order valence-corrected chi connectivity index (χ3v) is 3.14. The monoisotopic (exact) mass is 213 g/mol. The van der Waals surface area contributed by atoms with Gasteiger partial charge in [-0.05, 0) is 17.0 Å². The highest BCUT2D eigenvalue weighted by molar-refractivity contribution is 7.90. The zero-order chi connectivity index (χ0) is 11.0. The summed E-state index contributed by atoms with van der Waals surface area (Å²) in [5.74, 6) is 0. The van der Waals surface area contributed by atoms with E-state index in [1.54, 1.807) is 12.3 Å². The molecule has 1 rings (SSSR count). The Morgan fingerprint density at radius 2 is 1.86 bits per heavy atom. The van der Waals surface area contributed by atoms with Crippen LogP contribution in [0.3, 0.4) is 0 Å². The molecule has 0 unspecified atom stereocenters. The number of hydrogen-bond donors (Lipinski definition) is 0. The minimum absolute atomic E-state index is 0.202. The normalized spacial score (nSPS) is 12.9. The fourth-order valence-electron chi connectivity index (χ4n) is 1.27. The van der Waals surface area contributed by atoms with Gasteiger partial charge < -0.3 is 0 Å². The molecule has 0 amide bonds. The Hall–Kier alpha value is -0.900. The van der Waals surface area contributed by atoms with Crippen LogP contribution in [0.25, 0.3) is 0 Å². The maximum absolute atomic E-state index is 11.5. The van der Waals surface area contributed by atoms with E-state index < -0.39 is 9.84 Å². The molecule has 78 valence electrons. The first-order chi connectivity index (χ1) is 6.23. The van der Waals surface area contributed by atoms with Crippen LogP contribution in [0, 0.1) is 0 Å². The van der Waals surface area contributed by atoms with Crippen molar-refractivity contribution in [3.05, 3.63) is 24.0 Å². The van der Waals surface area contributed by atoms with E-state index in [1.807, 2.05) is 20.8 Å². The number of hydrogen-bond acceptors (Lipinski definition) is 3. The average Bonchev–Trinajstić information content (AvgIpc) is 2.01. The molecule has 0 saturated heterocycles. The van der Waals surface area contributed by atoms with Gasteiger partial charge in [-0.15, -0.1) is 0 Å². The lowest BCUT2D eigenvalue weighted by Gasteiger charge is -2.21. The maximum Gasteiger partial charge on any atom is 0.175 e. The van der Waals surface area contributed by atoms with Gasteiger partial charge in [0.15, 0.2) is 9.84 Å². The molecule has 14 heavy (non-hydrogen) atoms. The molecular formula is C10H15NO2S. The van der Waals surface area contributed by atoms with Crippen molar-refractivity contribution in [1.29, 1.82) is 0 Å². The van der Waals surface area contributed by atoms with Crippen LogP contribution in [-0.2, 0) is 15.3 Å². The zero-order valence-corrected chi connectivity index (χ0v) is 9.72. The van der Waals surface area contributed by atoms with Crippen molar-refractivity contribution >= 4 is 9.84 Å². The van der Waals surface area contributed by atoms with Gasteiger partial charge in [-0.25, -0.2) is 8.42 Å². The molecule has 1 aromatic rings. The van der Waals surface area contributed by atoms with Crippen molar-refractivity contribution in [2.75, 3.05) is 6.26 Å². The van der Waals surface area contributed by atoms with Gasteiger partial charge in [0.05, 0.1) is 4.90 Å². The van der Waals surface area contributed by atoms with E-state index in [-0.39, 0.29) is 5.41 Å². The first-order valence-corrected chi connectivity index (χ1v) is 6.26. The fraction of sp³-hybridized carbons (Fsp3) is 0.500. The second kappa shape index (κ2) is 3.35. The van der Waals surface area contributed by atoms with Gasteiger partial charge >= 0.3 is 0 Å². The molecule has 0 aliphatic heterocycles. The molecule has 1 heterocycles. The molecule has 0 fully saturated rings. The lowest BCUT2D eigenvalue weighted by molar-refractivity contribution is 0.561. The molecule has 0 bridgehead atoms. The van der Waals surface area contributed by atoms with Gasteiger partial charge in [0.25, 0.3) is 0 Å². The van der Waals surface area contributed by atoms with Gasteiger partial charge in [0.1, 0.15) is 0 Å². The number of pyridine rings is 1. The highest BCUT2D eigenvalue weighted by Gasteiger charge is 2.22. The van der Waals surface area contributed by atoms with Crippen molar-refractivity contribution in [3.8, 4) is 0 Å². The standard InChI is InChI=1S/C10H15NO2S/c1-10(2,3)8-7-11-6-5-9(8)14(4,12)13/h5-7H,1-4H3. The van der Waals surface area contributed by atoms with E-state index in [9.17, 15) is 8.42 Å². The summed E-state index contributed by atoms with van der Waals surface area (Å²) in [5.41, 5.74) is 0.564. The van der Waals surface area contributed by atoms with Gasteiger partial charge in [0, 0.05) is 18.6 Å². The maximum atomic E-state index is 11.5. The quantitative estimate of drug-likeness (QED) is 0.714. The topological polar surface area (TPSA) is 47.0 Å². The lowest BCUT2D eigenvalue weighted by atomic mass is 9.88. The van der Waals surface area contributed by atoms with E-state index in [0.717, 1.165) is 5.56 Å². The first-order valence-electron chi connectivity index (χ1n) is 4.37. The van der Waals surface area contributed by atoms with Crippen LogP contribution in [0.4, 0.5) is 0 Å². The van der Waals surface area contributed by atoms with Crippen LogP contribution in [0.2, 0.25) is 0 Å². The van der Waals surface area contributed by atoms with Crippen molar-refractivity contribution in [1.82, 2.24) is 4.98 Å². The van der Waals surface area contributed by atoms with Crippen molar-refractivity contribution in [3.63, 3.8) is 0 Å². The van der Waals surface area contributed by atoms with Crippen molar-refractivity contribution in [2.45, 2.75) is 31.1 Å². The summed E-state index contributed by atoms with van der Waals surface area (Å²) < 4.78 is 22.9. The van der Waals surface area contributed by atoms with E-state index in [1.165, 1.54) is 12.5 Å². The minimum Gasteiger partial charge on any atom is -0.264 e. The van der Waals surface area contributed by atoms with Crippen LogP contribution >= 0.6 is 0 Å². The van der Waals surface area contributed by atoms with Crippen LogP contribution < -0.4 is 0 Å². The second-order valence-corrected chi connectivity index (χ2v) is 6.38. The zero-order valence-electron chi connectivity index (χ0n) is 8.90. The Kier molecular flexibility index (Phi) is 2.67. The van der Waals surface area contributed by atoms with Gasteiger partial charge in [0.2, 0.25) is 0 Å². The predicted molar refractivity (Wildman–Crippen MR) is 56.0 cm³/mol. The number of aromatic nitrogens is 1. The van der Waals surface area contributed by atoms with Crippen molar-refractivity contribution < 1.29 is 8.42 Å². The van der Waals surface area contributed by atoms with E-state index in [2.05, 4.69) is 4.98 Å². The highest BCUT2D eigenvalue weighted by atomic mass is 32.2. The Bertz CT molecular complexity index is 430. The molecule has 0 N–H and O–H groups in total. The second-order valence-electron chi connectivity index (χ2n) is 4.39. The molecule has 0 atom stereocenters. The summed E-state index contributed by atoms with van der Waals surface area (Å²) >= 11 is 0. The molecule has 3 nitrogen and oxygen atoms in total. The molecule has 0 aromatic carbocycles. The summed E-state index contributed by atoms with van der Waals surface area (Å²) in [6.07, 6.45) is 4.35. The van der Waals surface area contributed by atoms with Gasteiger partial charge in [-0.1, -0.05) is 20.8 Å². The van der Waals surface area contributed by atoms with Gasteiger partial charge in [-0.3, -0.25) is 4.98 Å². The summed E-state index contributed by atoms with van der Waals surface area (Å²) in [6, 6.07) is 1.55. The summed E-state index contributed by atoms with van der Waals surface area (Å²) in [7, 11) is -3.16. The third-order valence-electron chi connectivity index (χ3n) is 1.99. The summed E-state index contributed by atoms with van der Waals surface area (Å²) in [6.45, 7) is 5.91. The number of sulfone groups is 1. The molecule has 1 aromatic heterocycles. The minimum atomic E-state index is -3.16. The van der Waals surface area contributed by atoms with Crippen LogP contribution in [0.15, 0.2) is 23.4 Å². The largest absolute Gasteiger partial charge is 0.264 e. The predicted octanol–water partition coefficient (Wildman–Crippen LogP) is 1.78. The van der Waals surface area contributed by atoms with Crippen molar-refractivity contribution in [2.24, 2.45) is 0 Å². The Morgan fingerprint density at radius 1 is 1.29 bits per heavy atom. The molecular weight excluding hydrogens is 198 g/mol. The summed E-state index contributed by atoms with van der Waals surface area (Å²) in [4.78, 5) is 4.34. The average molecular weight is 213 g/mol. The fourth-order valence-corrected chi connectivity index (χ4v) is 2.33. The van der Waals surface area contributed by atoms with Crippen LogP contribution in [0.5, 0.6) is 0 Å². The Morgan fingerprint density at radius 3 is 2.21 bits per heavy atom. The lowest BCUT2D eigenvalue weighted by Crippen LogP contribution is -2.16.